The van der Waals surface area contributed by atoms with E-state index in [0.29, 0.717) is 18.6 Å². The predicted octanol–water partition coefficient (Wildman–Crippen LogP) is 2.40. The number of hydrogen-bond donors (Lipinski definition) is 2. The molecule has 1 aliphatic heterocycles. The summed E-state index contributed by atoms with van der Waals surface area (Å²) in [6.45, 7) is 8.82. The third kappa shape index (κ3) is 4.55. The van der Waals surface area contributed by atoms with Gasteiger partial charge in [-0.1, -0.05) is 26.0 Å². The molecule has 2 unspecified atom stereocenters. The molecule has 2 N–H and O–H groups in total. The monoisotopic (exact) mass is 289 g/mol. The van der Waals surface area contributed by atoms with E-state index in [1.165, 1.54) is 0 Å². The summed E-state index contributed by atoms with van der Waals surface area (Å²) in [4.78, 5) is 14.6. The highest BCUT2D eigenvalue weighted by atomic mass is 16.2. The summed E-state index contributed by atoms with van der Waals surface area (Å²) in [6.07, 6.45) is 2.17. The molecule has 0 aliphatic carbocycles. The lowest BCUT2D eigenvalue weighted by molar-refractivity contribution is -0.118. The summed E-state index contributed by atoms with van der Waals surface area (Å²) in [6, 6.07) is 8.90. The van der Waals surface area contributed by atoms with E-state index in [9.17, 15) is 4.79 Å². The standard InChI is InChI=1S/C17H27N3O/c1-4-14-11-20(16(5-2)10-18-14)12-17(21)19-15-8-6-7-13(3)9-15/h6-9,14,16,18H,4-5,10-12H2,1-3H3,(H,19,21). The van der Waals surface area contributed by atoms with Gasteiger partial charge in [0.2, 0.25) is 5.91 Å². The molecule has 1 saturated heterocycles. The van der Waals surface area contributed by atoms with E-state index in [1.807, 2.05) is 31.2 Å². The molecule has 116 valence electrons. The van der Waals surface area contributed by atoms with Crippen LogP contribution >= 0.6 is 0 Å². The lowest BCUT2D eigenvalue weighted by Crippen LogP contribution is -2.57. The molecule has 2 rings (SSSR count). The topological polar surface area (TPSA) is 44.4 Å². The fourth-order valence-corrected chi connectivity index (χ4v) is 2.91. The van der Waals surface area contributed by atoms with Crippen LogP contribution < -0.4 is 10.6 Å². The second kappa shape index (κ2) is 7.57. The van der Waals surface area contributed by atoms with Gasteiger partial charge in [0.1, 0.15) is 0 Å². The first kappa shape index (κ1) is 16.0. The summed E-state index contributed by atoms with van der Waals surface area (Å²) in [5, 5.41) is 6.56. The van der Waals surface area contributed by atoms with Gasteiger partial charge < -0.3 is 10.6 Å². The lowest BCUT2D eigenvalue weighted by atomic mass is 10.1. The smallest absolute Gasteiger partial charge is 0.238 e. The number of nitrogens with one attached hydrogen (secondary N) is 2. The van der Waals surface area contributed by atoms with Gasteiger partial charge in [0.25, 0.3) is 0 Å². The first-order valence-electron chi connectivity index (χ1n) is 7.96. The Hall–Kier alpha value is -1.39. The molecule has 1 amide bonds. The van der Waals surface area contributed by atoms with Crippen LogP contribution in [-0.2, 0) is 4.79 Å². The Morgan fingerprint density at radius 2 is 2.19 bits per heavy atom. The minimum absolute atomic E-state index is 0.0794. The van der Waals surface area contributed by atoms with Gasteiger partial charge in [0.15, 0.2) is 0 Å². The molecule has 1 fully saturated rings. The molecule has 1 aliphatic rings. The molecule has 0 bridgehead atoms. The second-order valence-corrected chi connectivity index (χ2v) is 5.92. The number of nitrogens with zero attached hydrogens (tertiary/aromatic N) is 1. The zero-order chi connectivity index (χ0) is 15.2. The van der Waals surface area contributed by atoms with Crippen molar-refractivity contribution in [2.75, 3.05) is 25.0 Å². The number of benzene rings is 1. The maximum absolute atomic E-state index is 12.3. The molecule has 1 aromatic carbocycles. The summed E-state index contributed by atoms with van der Waals surface area (Å²) in [5.74, 6) is 0.0794. The molecule has 0 spiro atoms. The van der Waals surface area contributed by atoms with Crippen molar-refractivity contribution in [3.8, 4) is 0 Å². The molecule has 0 aromatic heterocycles. The normalized spacial score (nSPS) is 23.0. The van der Waals surface area contributed by atoms with E-state index in [0.717, 1.165) is 37.2 Å². The van der Waals surface area contributed by atoms with Gasteiger partial charge in [-0.3, -0.25) is 9.69 Å². The molecule has 2 atom stereocenters. The van der Waals surface area contributed by atoms with Gasteiger partial charge in [-0.15, -0.1) is 0 Å². The third-order valence-corrected chi connectivity index (χ3v) is 4.23. The number of carbonyl (C=O) groups is 1. The Balaban J connectivity index is 1.93. The van der Waals surface area contributed by atoms with Gasteiger partial charge in [-0.05, 0) is 37.5 Å². The van der Waals surface area contributed by atoms with Gasteiger partial charge in [0, 0.05) is 30.9 Å². The maximum atomic E-state index is 12.3. The molecule has 1 aromatic rings. The first-order chi connectivity index (χ1) is 10.1. The Morgan fingerprint density at radius 3 is 2.86 bits per heavy atom. The van der Waals surface area contributed by atoms with Crippen LogP contribution in [-0.4, -0.2) is 42.5 Å². The van der Waals surface area contributed by atoms with E-state index in [1.54, 1.807) is 0 Å². The van der Waals surface area contributed by atoms with E-state index >= 15 is 0 Å². The van der Waals surface area contributed by atoms with Gasteiger partial charge in [0.05, 0.1) is 6.54 Å². The zero-order valence-electron chi connectivity index (χ0n) is 13.4. The van der Waals surface area contributed by atoms with Crippen molar-refractivity contribution in [1.82, 2.24) is 10.2 Å². The lowest BCUT2D eigenvalue weighted by Gasteiger charge is -2.39. The average Bonchev–Trinajstić information content (AvgIpc) is 2.47. The van der Waals surface area contributed by atoms with Crippen molar-refractivity contribution in [3.05, 3.63) is 29.8 Å². The number of rotatable bonds is 5. The van der Waals surface area contributed by atoms with Crippen LogP contribution in [0.1, 0.15) is 32.3 Å². The Bertz CT molecular complexity index is 475. The highest BCUT2D eigenvalue weighted by Crippen LogP contribution is 2.13. The van der Waals surface area contributed by atoms with Crippen LogP contribution in [0.4, 0.5) is 5.69 Å². The van der Waals surface area contributed by atoms with Crippen molar-refractivity contribution in [1.29, 1.82) is 0 Å². The van der Waals surface area contributed by atoms with Crippen molar-refractivity contribution in [2.45, 2.75) is 45.7 Å². The maximum Gasteiger partial charge on any atom is 0.238 e. The van der Waals surface area contributed by atoms with Crippen LogP contribution in [0.3, 0.4) is 0 Å². The van der Waals surface area contributed by atoms with E-state index in [2.05, 4.69) is 29.4 Å². The van der Waals surface area contributed by atoms with Crippen LogP contribution in [0.5, 0.6) is 0 Å². The molecular weight excluding hydrogens is 262 g/mol. The first-order valence-corrected chi connectivity index (χ1v) is 7.96. The Morgan fingerprint density at radius 1 is 1.38 bits per heavy atom. The number of amides is 1. The number of anilines is 1. The number of hydrogen-bond acceptors (Lipinski definition) is 3. The predicted molar refractivity (Wildman–Crippen MR) is 87.5 cm³/mol. The molecule has 4 nitrogen and oxygen atoms in total. The van der Waals surface area contributed by atoms with Gasteiger partial charge >= 0.3 is 0 Å². The number of aryl methyl sites for hydroxylation is 1. The summed E-state index contributed by atoms with van der Waals surface area (Å²) < 4.78 is 0. The summed E-state index contributed by atoms with van der Waals surface area (Å²) >= 11 is 0. The molecule has 4 heteroatoms. The Kier molecular flexibility index (Phi) is 5.76. The highest BCUT2D eigenvalue weighted by molar-refractivity contribution is 5.92. The van der Waals surface area contributed by atoms with Crippen molar-refractivity contribution in [3.63, 3.8) is 0 Å². The highest BCUT2D eigenvalue weighted by Gasteiger charge is 2.27. The number of piperazine rings is 1. The molecule has 0 radical (unpaired) electrons. The minimum Gasteiger partial charge on any atom is -0.325 e. The minimum atomic E-state index is 0.0794. The van der Waals surface area contributed by atoms with Crippen LogP contribution in [0.25, 0.3) is 0 Å². The molecule has 1 heterocycles. The van der Waals surface area contributed by atoms with E-state index in [4.69, 9.17) is 0 Å². The quantitative estimate of drug-likeness (QED) is 0.875. The van der Waals surface area contributed by atoms with E-state index in [-0.39, 0.29) is 5.91 Å². The third-order valence-electron chi connectivity index (χ3n) is 4.23. The van der Waals surface area contributed by atoms with Crippen LogP contribution in [0.15, 0.2) is 24.3 Å². The second-order valence-electron chi connectivity index (χ2n) is 5.92. The van der Waals surface area contributed by atoms with Crippen molar-refractivity contribution in [2.24, 2.45) is 0 Å². The van der Waals surface area contributed by atoms with Crippen LogP contribution in [0, 0.1) is 6.92 Å². The molecule has 0 saturated carbocycles. The fraction of sp³-hybridized carbons (Fsp3) is 0.588. The van der Waals surface area contributed by atoms with E-state index < -0.39 is 0 Å². The largest absolute Gasteiger partial charge is 0.325 e. The van der Waals surface area contributed by atoms with Crippen molar-refractivity contribution >= 4 is 11.6 Å². The summed E-state index contributed by atoms with van der Waals surface area (Å²) in [5.41, 5.74) is 2.04. The number of carbonyl (C=O) groups excluding carboxylic acids is 1. The molecular formula is C17H27N3O. The van der Waals surface area contributed by atoms with Crippen molar-refractivity contribution < 1.29 is 4.79 Å². The molecule has 21 heavy (non-hydrogen) atoms. The zero-order valence-corrected chi connectivity index (χ0v) is 13.4. The average molecular weight is 289 g/mol. The van der Waals surface area contributed by atoms with Gasteiger partial charge in [-0.25, -0.2) is 0 Å². The SMILES string of the molecule is CCC1CN(CC(=O)Nc2cccc(C)c2)C(CC)CN1. The van der Waals surface area contributed by atoms with Gasteiger partial charge in [-0.2, -0.15) is 0 Å². The fourth-order valence-electron chi connectivity index (χ4n) is 2.91. The summed E-state index contributed by atoms with van der Waals surface area (Å²) in [7, 11) is 0. The Labute approximate surface area is 127 Å². The van der Waals surface area contributed by atoms with Crippen LogP contribution in [0.2, 0.25) is 0 Å².